The largest absolute Gasteiger partial charge is 0.434 e. The van der Waals surface area contributed by atoms with Crippen molar-refractivity contribution in [3.05, 3.63) is 29.2 Å². The molecule has 0 aliphatic carbocycles. The molecule has 0 aromatic carbocycles. The van der Waals surface area contributed by atoms with Crippen LogP contribution >= 0.6 is 11.6 Å². The molecule has 0 saturated carbocycles. The molecule has 142 valence electrons. The molecule has 0 bridgehead atoms. The van der Waals surface area contributed by atoms with Crippen molar-refractivity contribution >= 4 is 28.6 Å². The molecule has 4 rings (SSSR count). The third kappa shape index (κ3) is 3.41. The Balaban J connectivity index is 1.56. The summed E-state index contributed by atoms with van der Waals surface area (Å²) < 4.78 is 5.79. The highest BCUT2D eigenvalue weighted by molar-refractivity contribution is 6.32. The standard InChI is InChI=1S/C17H20ClN7O2/c1-10-13(18)11(2-5-20-10)27-16-14-15(23-24-16)22-12(8-21-14)25-6-3-17(26,9-19)4-7-25/h2,5,8,26H,3-4,6-7,9,19H2,1H3,(H,22,23,24). The molecule has 27 heavy (non-hydrogen) atoms. The maximum atomic E-state index is 10.3. The molecule has 0 atom stereocenters. The summed E-state index contributed by atoms with van der Waals surface area (Å²) >= 11 is 6.23. The van der Waals surface area contributed by atoms with E-state index in [-0.39, 0.29) is 6.54 Å². The van der Waals surface area contributed by atoms with Crippen LogP contribution in [-0.2, 0) is 0 Å². The number of hydrogen-bond acceptors (Lipinski definition) is 8. The maximum Gasteiger partial charge on any atom is 0.266 e. The predicted molar refractivity (Wildman–Crippen MR) is 101 cm³/mol. The van der Waals surface area contributed by atoms with Crippen molar-refractivity contribution in [2.45, 2.75) is 25.4 Å². The number of halogens is 1. The maximum absolute atomic E-state index is 10.3. The first-order valence-electron chi connectivity index (χ1n) is 8.66. The van der Waals surface area contributed by atoms with Crippen molar-refractivity contribution in [3.8, 4) is 11.6 Å². The summed E-state index contributed by atoms with van der Waals surface area (Å²) in [4.78, 5) is 15.2. The summed E-state index contributed by atoms with van der Waals surface area (Å²) in [5, 5.41) is 17.7. The molecule has 0 radical (unpaired) electrons. The molecule has 1 aliphatic rings. The Labute approximate surface area is 160 Å². The molecule has 4 heterocycles. The van der Waals surface area contributed by atoms with Crippen molar-refractivity contribution in [1.29, 1.82) is 0 Å². The molecule has 0 spiro atoms. The van der Waals surface area contributed by atoms with Crippen molar-refractivity contribution in [3.63, 3.8) is 0 Å². The van der Waals surface area contributed by atoms with Crippen LogP contribution in [-0.4, -0.2) is 55.5 Å². The van der Waals surface area contributed by atoms with Crippen LogP contribution in [0.2, 0.25) is 5.02 Å². The van der Waals surface area contributed by atoms with Gasteiger partial charge in [-0.1, -0.05) is 11.6 Å². The van der Waals surface area contributed by atoms with E-state index in [1.165, 1.54) is 0 Å². The van der Waals surface area contributed by atoms with Gasteiger partial charge in [0.25, 0.3) is 5.88 Å². The van der Waals surface area contributed by atoms with Crippen LogP contribution in [0.5, 0.6) is 11.6 Å². The van der Waals surface area contributed by atoms with E-state index in [4.69, 9.17) is 22.1 Å². The zero-order valence-corrected chi connectivity index (χ0v) is 15.6. The van der Waals surface area contributed by atoms with Gasteiger partial charge in [0, 0.05) is 31.9 Å². The number of rotatable bonds is 4. The van der Waals surface area contributed by atoms with Gasteiger partial charge in [0.2, 0.25) is 0 Å². The number of aromatic nitrogens is 5. The number of hydrogen-bond donors (Lipinski definition) is 3. The van der Waals surface area contributed by atoms with Gasteiger partial charge in [-0.2, -0.15) is 0 Å². The fourth-order valence-corrected chi connectivity index (χ4v) is 3.21. The Morgan fingerprint density at radius 1 is 1.37 bits per heavy atom. The quantitative estimate of drug-likeness (QED) is 0.616. The van der Waals surface area contributed by atoms with Crippen molar-refractivity contribution in [2.24, 2.45) is 5.73 Å². The molecule has 3 aromatic rings. The fourth-order valence-electron chi connectivity index (χ4n) is 3.06. The Kier molecular flexibility index (Phi) is 4.58. The number of ether oxygens (including phenoxy) is 1. The minimum absolute atomic E-state index is 0.268. The lowest BCUT2D eigenvalue weighted by Crippen LogP contribution is -2.49. The van der Waals surface area contributed by atoms with E-state index in [0.717, 1.165) is 5.82 Å². The van der Waals surface area contributed by atoms with E-state index < -0.39 is 5.60 Å². The van der Waals surface area contributed by atoms with Gasteiger partial charge < -0.3 is 20.5 Å². The number of nitrogens with one attached hydrogen (secondary N) is 1. The highest BCUT2D eigenvalue weighted by Crippen LogP contribution is 2.32. The van der Waals surface area contributed by atoms with Crippen LogP contribution in [0.3, 0.4) is 0 Å². The number of nitrogens with zero attached hydrogens (tertiary/aromatic N) is 5. The Morgan fingerprint density at radius 3 is 2.89 bits per heavy atom. The lowest BCUT2D eigenvalue weighted by Gasteiger charge is -2.37. The van der Waals surface area contributed by atoms with Crippen molar-refractivity contribution in [2.75, 3.05) is 24.5 Å². The van der Waals surface area contributed by atoms with Crippen LogP contribution in [0.25, 0.3) is 11.2 Å². The summed E-state index contributed by atoms with van der Waals surface area (Å²) in [5.41, 5.74) is 6.56. The zero-order valence-electron chi connectivity index (χ0n) is 14.8. The van der Waals surface area contributed by atoms with Crippen LogP contribution in [0.4, 0.5) is 5.82 Å². The number of H-pyrrole nitrogens is 1. The van der Waals surface area contributed by atoms with Crippen LogP contribution < -0.4 is 15.4 Å². The highest BCUT2D eigenvalue weighted by atomic mass is 35.5. The van der Waals surface area contributed by atoms with Crippen LogP contribution in [0.15, 0.2) is 18.5 Å². The minimum atomic E-state index is -0.787. The second-order valence-corrected chi connectivity index (χ2v) is 7.06. The summed E-state index contributed by atoms with van der Waals surface area (Å²) in [7, 11) is 0. The van der Waals surface area contributed by atoms with Crippen LogP contribution in [0.1, 0.15) is 18.5 Å². The molecular formula is C17H20ClN7O2. The first-order chi connectivity index (χ1) is 13.0. The summed E-state index contributed by atoms with van der Waals surface area (Å²) in [5.74, 6) is 1.47. The number of nitrogens with two attached hydrogens (primary N) is 1. The summed E-state index contributed by atoms with van der Waals surface area (Å²) in [6.07, 6.45) is 4.49. The number of fused-ring (bicyclic) bond motifs is 1. The van der Waals surface area contributed by atoms with Gasteiger partial charge in [0.1, 0.15) is 10.8 Å². The van der Waals surface area contributed by atoms with Gasteiger partial charge in [0.05, 0.1) is 17.5 Å². The number of aliphatic hydroxyl groups is 1. The smallest absolute Gasteiger partial charge is 0.266 e. The SMILES string of the molecule is Cc1nccc(Oc2n[nH]c3nc(N4CCC(O)(CN)CC4)cnc23)c1Cl. The van der Waals surface area contributed by atoms with Gasteiger partial charge in [-0.05, 0) is 19.8 Å². The third-order valence-corrected chi connectivity index (χ3v) is 5.32. The summed E-state index contributed by atoms with van der Waals surface area (Å²) in [6.45, 7) is 3.40. The lowest BCUT2D eigenvalue weighted by atomic mass is 9.92. The molecule has 0 amide bonds. The average Bonchev–Trinajstić information content (AvgIpc) is 3.08. The van der Waals surface area contributed by atoms with E-state index in [2.05, 4.69) is 30.0 Å². The van der Waals surface area contributed by atoms with E-state index >= 15 is 0 Å². The van der Waals surface area contributed by atoms with E-state index in [1.54, 1.807) is 25.4 Å². The van der Waals surface area contributed by atoms with E-state index in [0.29, 0.717) is 59.4 Å². The average molecular weight is 390 g/mol. The second-order valence-electron chi connectivity index (χ2n) is 6.68. The number of aryl methyl sites for hydroxylation is 1. The molecule has 1 aliphatic heterocycles. The molecule has 9 nitrogen and oxygen atoms in total. The number of anilines is 1. The Morgan fingerprint density at radius 2 is 2.15 bits per heavy atom. The van der Waals surface area contributed by atoms with Crippen LogP contribution in [0, 0.1) is 6.92 Å². The molecule has 1 fully saturated rings. The van der Waals surface area contributed by atoms with Gasteiger partial charge in [0.15, 0.2) is 16.9 Å². The van der Waals surface area contributed by atoms with Crippen molar-refractivity contribution in [1.82, 2.24) is 25.1 Å². The first-order valence-corrected chi connectivity index (χ1v) is 9.04. The fraction of sp³-hybridized carbons (Fsp3) is 0.412. The van der Waals surface area contributed by atoms with Gasteiger partial charge in [-0.3, -0.25) is 10.1 Å². The normalized spacial score (nSPS) is 16.7. The van der Waals surface area contributed by atoms with Gasteiger partial charge in [-0.15, -0.1) is 5.10 Å². The second kappa shape index (κ2) is 6.91. The van der Waals surface area contributed by atoms with Crippen molar-refractivity contribution < 1.29 is 9.84 Å². The first kappa shape index (κ1) is 17.9. The summed E-state index contributed by atoms with van der Waals surface area (Å²) in [6, 6.07) is 1.67. The van der Waals surface area contributed by atoms with E-state index in [1.807, 2.05) is 0 Å². The Hall–Kier alpha value is -2.49. The minimum Gasteiger partial charge on any atom is -0.434 e. The molecular weight excluding hydrogens is 370 g/mol. The molecule has 0 unspecified atom stereocenters. The van der Waals surface area contributed by atoms with Gasteiger partial charge >= 0.3 is 0 Å². The number of aromatic amines is 1. The highest BCUT2D eigenvalue weighted by Gasteiger charge is 2.31. The molecule has 1 saturated heterocycles. The molecule has 3 aromatic heterocycles. The van der Waals surface area contributed by atoms with E-state index in [9.17, 15) is 5.11 Å². The van der Waals surface area contributed by atoms with Gasteiger partial charge in [-0.25, -0.2) is 9.97 Å². The molecule has 10 heteroatoms. The lowest BCUT2D eigenvalue weighted by molar-refractivity contribution is 0.0249. The third-order valence-electron chi connectivity index (χ3n) is 4.86. The zero-order chi connectivity index (χ0) is 19.0. The molecule has 4 N–H and O–H groups in total. The monoisotopic (exact) mass is 389 g/mol. The number of piperidine rings is 1. The number of pyridine rings is 1. The predicted octanol–water partition coefficient (Wildman–Crippen LogP) is 1.79. The Bertz CT molecular complexity index is 969. The topological polar surface area (TPSA) is 126 Å².